The molecule has 0 N–H and O–H groups in total. The quantitative estimate of drug-likeness (QED) is 0.401. The Bertz CT molecular complexity index is 813. The van der Waals surface area contributed by atoms with E-state index < -0.39 is 0 Å². The number of benzene rings is 1. The van der Waals surface area contributed by atoms with Crippen LogP contribution >= 0.6 is 27.5 Å². The molecule has 1 saturated carbocycles. The molecule has 2 aliphatic carbocycles. The Hall–Kier alpha value is -1.92. The molecule has 1 heterocycles. The molecule has 7 heteroatoms. The summed E-state index contributed by atoms with van der Waals surface area (Å²) in [6.45, 7) is 3.94. The number of hydrogen-bond acceptors (Lipinski definition) is 4. The van der Waals surface area contributed by atoms with Crippen LogP contribution in [0.15, 0.2) is 46.5 Å². The molecule has 1 aliphatic heterocycles. The molecule has 4 atom stereocenters. The largest absolute Gasteiger partial charge is 0.487 e. The van der Waals surface area contributed by atoms with Crippen LogP contribution in [0.1, 0.15) is 12.0 Å². The van der Waals surface area contributed by atoms with Crippen molar-refractivity contribution in [1.82, 2.24) is 5.01 Å². The maximum atomic E-state index is 12.6. The van der Waals surface area contributed by atoms with Crippen molar-refractivity contribution in [3.05, 3.63) is 52.0 Å². The van der Waals surface area contributed by atoms with Crippen molar-refractivity contribution in [3.63, 3.8) is 0 Å². The first-order chi connectivity index (χ1) is 12.5. The van der Waals surface area contributed by atoms with Crippen molar-refractivity contribution in [2.75, 3.05) is 6.61 Å². The van der Waals surface area contributed by atoms with E-state index in [1.165, 1.54) is 6.21 Å². The third-order valence-corrected chi connectivity index (χ3v) is 6.01. The van der Waals surface area contributed by atoms with Gasteiger partial charge >= 0.3 is 0 Å². The number of allylic oxidation sites excluding steroid dienone is 2. The standard InChI is InChI=1S/C19H16BrClN2O3/c1-2-5-26-17-13(20)6-10(7-14(17)21)9-22-23-18(24)15-11-3-4-12(8-11)16(15)19(23)25/h2-4,6-7,9,11-12,15-16H,1,5,8H2. The average Bonchev–Trinajstić information content (AvgIpc) is 3.27. The van der Waals surface area contributed by atoms with E-state index in [0.717, 1.165) is 11.4 Å². The van der Waals surface area contributed by atoms with Crippen LogP contribution in [0.5, 0.6) is 5.75 Å². The number of hydrazone groups is 1. The number of ether oxygens (including phenoxy) is 1. The SMILES string of the molecule is C=CCOc1c(Cl)cc(C=NN2C(=O)C3C4C=CC(C4)C3C2=O)cc1Br. The summed E-state index contributed by atoms with van der Waals surface area (Å²) < 4.78 is 6.16. The van der Waals surface area contributed by atoms with Crippen LogP contribution in [-0.4, -0.2) is 29.6 Å². The summed E-state index contributed by atoms with van der Waals surface area (Å²) in [7, 11) is 0. The van der Waals surface area contributed by atoms with Crippen LogP contribution in [-0.2, 0) is 9.59 Å². The summed E-state index contributed by atoms with van der Waals surface area (Å²) >= 11 is 9.65. The molecule has 5 nitrogen and oxygen atoms in total. The van der Waals surface area contributed by atoms with Crippen LogP contribution in [0.3, 0.4) is 0 Å². The molecule has 2 amide bonds. The van der Waals surface area contributed by atoms with Gasteiger partial charge in [0.05, 0.1) is 27.5 Å². The summed E-state index contributed by atoms with van der Waals surface area (Å²) in [5.41, 5.74) is 0.659. The molecule has 134 valence electrons. The summed E-state index contributed by atoms with van der Waals surface area (Å²) in [5.74, 6) is -0.0556. The van der Waals surface area contributed by atoms with E-state index in [0.29, 0.717) is 27.4 Å². The number of nitrogens with zero attached hydrogens (tertiary/aromatic N) is 2. The molecule has 0 spiro atoms. The van der Waals surface area contributed by atoms with Gasteiger partial charge in [0.2, 0.25) is 0 Å². The van der Waals surface area contributed by atoms with Gasteiger partial charge in [-0.15, -0.1) is 0 Å². The first-order valence-corrected chi connectivity index (χ1v) is 9.51. The Morgan fingerprint density at radius 3 is 2.50 bits per heavy atom. The zero-order valence-corrected chi connectivity index (χ0v) is 16.1. The highest BCUT2D eigenvalue weighted by molar-refractivity contribution is 9.10. The highest BCUT2D eigenvalue weighted by atomic mass is 79.9. The lowest BCUT2D eigenvalue weighted by Crippen LogP contribution is -2.28. The summed E-state index contributed by atoms with van der Waals surface area (Å²) in [5, 5.41) is 5.58. The summed E-state index contributed by atoms with van der Waals surface area (Å²) in [6, 6.07) is 3.44. The number of carbonyl (C=O) groups excluding carboxylic acids is 2. The average molecular weight is 436 g/mol. The lowest BCUT2D eigenvalue weighted by Gasteiger charge is -2.13. The lowest BCUT2D eigenvalue weighted by atomic mass is 9.85. The summed E-state index contributed by atoms with van der Waals surface area (Å²) in [4.78, 5) is 25.2. The maximum absolute atomic E-state index is 12.6. The molecule has 4 unspecified atom stereocenters. The zero-order chi connectivity index (χ0) is 18.4. The van der Waals surface area contributed by atoms with Crippen molar-refractivity contribution in [3.8, 4) is 5.75 Å². The number of halogens is 2. The molecule has 0 radical (unpaired) electrons. The van der Waals surface area contributed by atoms with Crippen LogP contribution in [0, 0.1) is 23.7 Å². The van der Waals surface area contributed by atoms with Crippen LogP contribution in [0.2, 0.25) is 5.02 Å². The molecule has 0 aromatic heterocycles. The van der Waals surface area contributed by atoms with Crippen LogP contribution in [0.25, 0.3) is 0 Å². The second-order valence-corrected chi connectivity index (χ2v) is 7.91. The van der Waals surface area contributed by atoms with Crippen molar-refractivity contribution in [2.24, 2.45) is 28.8 Å². The van der Waals surface area contributed by atoms with Gasteiger partial charge in [0, 0.05) is 0 Å². The minimum atomic E-state index is -0.250. The Balaban J connectivity index is 1.55. The van der Waals surface area contributed by atoms with Crippen molar-refractivity contribution < 1.29 is 14.3 Å². The Morgan fingerprint density at radius 1 is 1.27 bits per heavy atom. The van der Waals surface area contributed by atoms with Gasteiger partial charge in [-0.05, 0) is 51.9 Å². The fourth-order valence-corrected chi connectivity index (χ4v) is 5.05. The van der Waals surface area contributed by atoms with E-state index in [1.807, 2.05) is 0 Å². The van der Waals surface area contributed by atoms with Crippen LogP contribution < -0.4 is 4.74 Å². The van der Waals surface area contributed by atoms with Gasteiger partial charge in [0.15, 0.2) is 5.75 Å². The van der Waals surface area contributed by atoms with Crippen molar-refractivity contribution in [1.29, 1.82) is 0 Å². The van der Waals surface area contributed by atoms with Gasteiger partial charge in [-0.1, -0.05) is 36.4 Å². The molecule has 1 aromatic carbocycles. The Morgan fingerprint density at radius 2 is 1.92 bits per heavy atom. The molecule has 1 saturated heterocycles. The van der Waals surface area contributed by atoms with E-state index in [2.05, 4.69) is 39.8 Å². The summed E-state index contributed by atoms with van der Waals surface area (Å²) in [6.07, 6.45) is 8.12. The van der Waals surface area contributed by atoms with Crippen LogP contribution in [0.4, 0.5) is 0 Å². The van der Waals surface area contributed by atoms with Gasteiger partial charge in [0.1, 0.15) is 6.61 Å². The van der Waals surface area contributed by atoms with Gasteiger partial charge in [-0.2, -0.15) is 10.1 Å². The number of carbonyl (C=O) groups is 2. The van der Waals surface area contributed by atoms with E-state index in [9.17, 15) is 9.59 Å². The van der Waals surface area contributed by atoms with Crippen molar-refractivity contribution >= 4 is 45.6 Å². The molecule has 2 bridgehead atoms. The topological polar surface area (TPSA) is 59.0 Å². The molecule has 3 aliphatic rings. The van der Waals surface area contributed by atoms with E-state index in [4.69, 9.17) is 16.3 Å². The second-order valence-electron chi connectivity index (χ2n) is 6.65. The molecule has 4 rings (SSSR count). The fourth-order valence-electron chi connectivity index (χ4n) is 4.06. The highest BCUT2D eigenvalue weighted by Crippen LogP contribution is 2.52. The molecule has 1 aromatic rings. The number of hydrogen-bond donors (Lipinski definition) is 0. The van der Waals surface area contributed by atoms with Gasteiger partial charge in [-0.25, -0.2) is 0 Å². The second kappa shape index (κ2) is 6.67. The molecule has 2 fully saturated rings. The molecular formula is C19H16BrClN2O3. The number of fused-ring (bicyclic) bond motifs is 5. The first-order valence-electron chi connectivity index (χ1n) is 8.34. The lowest BCUT2D eigenvalue weighted by molar-refractivity contribution is -0.140. The van der Waals surface area contributed by atoms with Crippen molar-refractivity contribution in [2.45, 2.75) is 6.42 Å². The Labute approximate surface area is 164 Å². The maximum Gasteiger partial charge on any atom is 0.254 e. The molecule has 26 heavy (non-hydrogen) atoms. The zero-order valence-electron chi connectivity index (χ0n) is 13.8. The monoisotopic (exact) mass is 434 g/mol. The normalized spacial score (nSPS) is 29.1. The van der Waals surface area contributed by atoms with Gasteiger partial charge < -0.3 is 4.74 Å². The van der Waals surface area contributed by atoms with E-state index in [1.54, 1.807) is 18.2 Å². The smallest absolute Gasteiger partial charge is 0.254 e. The Kier molecular flexibility index (Phi) is 4.49. The number of amides is 2. The van der Waals surface area contributed by atoms with Gasteiger partial charge in [0.25, 0.3) is 11.8 Å². The third kappa shape index (κ3) is 2.72. The first kappa shape index (κ1) is 17.5. The molecular weight excluding hydrogens is 420 g/mol. The predicted octanol–water partition coefficient (Wildman–Crippen LogP) is 3.81. The fraction of sp³-hybridized carbons (Fsp3) is 0.316. The van der Waals surface area contributed by atoms with E-state index in [-0.39, 0.29) is 35.5 Å². The van der Waals surface area contributed by atoms with E-state index >= 15 is 0 Å². The predicted molar refractivity (Wildman–Crippen MR) is 102 cm³/mol. The highest BCUT2D eigenvalue weighted by Gasteiger charge is 2.59. The minimum absolute atomic E-state index is 0.173. The minimum Gasteiger partial charge on any atom is -0.487 e. The third-order valence-electron chi connectivity index (χ3n) is 5.14. The number of rotatable bonds is 5. The van der Waals surface area contributed by atoms with Gasteiger partial charge in [-0.3, -0.25) is 9.59 Å². The number of imide groups is 1.